The quantitative estimate of drug-likeness (QED) is 0.667. The molecule has 1 aromatic carbocycles. The number of nitrogens with two attached hydrogens (primary N) is 2. The van der Waals surface area contributed by atoms with Crippen LogP contribution in [0.2, 0.25) is 0 Å². The van der Waals surface area contributed by atoms with Gasteiger partial charge in [-0.15, -0.1) is 0 Å². The van der Waals surface area contributed by atoms with Crippen molar-refractivity contribution in [1.29, 1.82) is 0 Å². The Balaban J connectivity index is 2.51. The first-order valence-electron chi connectivity index (χ1n) is 5.54. The van der Waals surface area contributed by atoms with E-state index in [1.807, 2.05) is 25.3 Å². The van der Waals surface area contributed by atoms with Crippen LogP contribution in [0.3, 0.4) is 0 Å². The number of hydrogen-bond donors (Lipinski definition) is 3. The van der Waals surface area contributed by atoms with Crippen LogP contribution in [0.4, 0.5) is 5.69 Å². The fraction of sp³-hybridized carbons (Fsp3) is 0.333. The monoisotopic (exact) mass is 235 g/mol. The van der Waals surface area contributed by atoms with Gasteiger partial charge in [-0.25, -0.2) is 0 Å². The maximum atomic E-state index is 5.86. The van der Waals surface area contributed by atoms with E-state index in [0.717, 1.165) is 11.3 Å². The van der Waals surface area contributed by atoms with Crippen LogP contribution in [0, 0.1) is 0 Å². The Morgan fingerprint density at radius 1 is 1.35 bits per heavy atom. The van der Waals surface area contributed by atoms with Gasteiger partial charge in [-0.1, -0.05) is 0 Å². The molecule has 92 valence electrons. The normalized spacial score (nSPS) is 14.6. The highest BCUT2D eigenvalue weighted by atomic mass is 16.6. The third-order valence-corrected chi connectivity index (χ3v) is 2.60. The van der Waals surface area contributed by atoms with E-state index in [1.54, 1.807) is 0 Å². The van der Waals surface area contributed by atoms with Crippen LogP contribution in [0.15, 0.2) is 18.2 Å². The highest BCUT2D eigenvalue weighted by Gasteiger charge is 2.20. The Kier molecular flexibility index (Phi) is 3.39. The van der Waals surface area contributed by atoms with Gasteiger partial charge in [0.2, 0.25) is 0 Å². The average molecular weight is 235 g/mol. The van der Waals surface area contributed by atoms with Gasteiger partial charge in [-0.2, -0.15) is 0 Å². The lowest BCUT2D eigenvalue weighted by Crippen LogP contribution is -2.19. The van der Waals surface area contributed by atoms with Gasteiger partial charge in [0.25, 0.3) is 0 Å². The summed E-state index contributed by atoms with van der Waals surface area (Å²) in [5.74, 6) is 1.30. The molecule has 0 amide bonds. The molecule has 0 saturated heterocycles. The molecule has 1 aliphatic rings. The zero-order valence-corrected chi connectivity index (χ0v) is 9.82. The summed E-state index contributed by atoms with van der Waals surface area (Å²) in [5, 5.41) is 3.09. The molecule has 17 heavy (non-hydrogen) atoms. The first-order valence-corrected chi connectivity index (χ1v) is 5.54. The molecule has 2 rings (SSSR count). The summed E-state index contributed by atoms with van der Waals surface area (Å²) in [4.78, 5) is 0. The van der Waals surface area contributed by atoms with Crippen molar-refractivity contribution in [2.24, 2.45) is 5.73 Å². The van der Waals surface area contributed by atoms with E-state index in [2.05, 4.69) is 5.32 Å². The van der Waals surface area contributed by atoms with Gasteiger partial charge < -0.3 is 26.3 Å². The molecule has 0 radical (unpaired) electrons. The number of rotatable bonds is 3. The Morgan fingerprint density at radius 3 is 2.71 bits per heavy atom. The smallest absolute Gasteiger partial charge is 0.184 e. The number of benzene rings is 1. The molecule has 0 spiro atoms. The number of ether oxygens (including phenoxy) is 2. The van der Waals surface area contributed by atoms with E-state index in [-0.39, 0.29) is 0 Å². The number of hydrogen-bond acceptors (Lipinski definition) is 5. The molecule has 0 fully saturated rings. The molecule has 0 bridgehead atoms. The average Bonchev–Trinajstić information content (AvgIpc) is 2.37. The van der Waals surface area contributed by atoms with Crippen LogP contribution < -0.4 is 26.3 Å². The molecule has 0 unspecified atom stereocenters. The van der Waals surface area contributed by atoms with Gasteiger partial charge in [0, 0.05) is 24.9 Å². The number of anilines is 1. The molecular formula is C12H17N3O2. The summed E-state index contributed by atoms with van der Waals surface area (Å²) in [7, 11) is 1.84. The van der Waals surface area contributed by atoms with Gasteiger partial charge in [0.05, 0.1) is 5.69 Å². The Hall–Kier alpha value is -1.88. The van der Waals surface area contributed by atoms with E-state index in [9.17, 15) is 0 Å². The number of nitrogens with one attached hydrogen (secondary N) is 1. The number of fused-ring (bicyclic) bond motifs is 1. The zero-order chi connectivity index (χ0) is 12.3. The summed E-state index contributed by atoms with van der Waals surface area (Å²) in [6.07, 6.45) is 1.89. The summed E-state index contributed by atoms with van der Waals surface area (Å²) in [6.45, 7) is 1.51. The maximum Gasteiger partial charge on any atom is 0.184 e. The fourth-order valence-corrected chi connectivity index (χ4v) is 1.83. The second-order valence-electron chi connectivity index (χ2n) is 3.66. The van der Waals surface area contributed by atoms with Crippen molar-refractivity contribution in [2.45, 2.75) is 0 Å². The minimum Gasteiger partial charge on any atom is -0.485 e. The van der Waals surface area contributed by atoms with E-state index in [0.29, 0.717) is 36.9 Å². The minimum absolute atomic E-state index is 0.455. The first-order chi connectivity index (χ1) is 8.27. The fourth-order valence-electron chi connectivity index (χ4n) is 1.83. The lowest BCUT2D eigenvalue weighted by molar-refractivity contribution is 0.172. The van der Waals surface area contributed by atoms with E-state index >= 15 is 0 Å². The third kappa shape index (κ3) is 2.14. The molecule has 5 heteroatoms. The Morgan fingerprint density at radius 2 is 2.06 bits per heavy atom. The Labute approximate surface area is 100 Å². The number of nitrogen functional groups attached to an aromatic ring is 1. The summed E-state index contributed by atoms with van der Waals surface area (Å²) in [6, 6.07) is 3.71. The van der Waals surface area contributed by atoms with Crippen LogP contribution >= 0.6 is 0 Å². The molecule has 1 aliphatic heterocycles. The highest BCUT2D eigenvalue weighted by Crippen LogP contribution is 2.41. The largest absolute Gasteiger partial charge is 0.485 e. The molecule has 1 heterocycles. The van der Waals surface area contributed by atoms with Gasteiger partial charge in [0.1, 0.15) is 13.2 Å². The molecule has 1 aromatic rings. The van der Waals surface area contributed by atoms with Gasteiger partial charge in [-0.3, -0.25) is 0 Å². The molecule has 5 nitrogen and oxygen atoms in total. The van der Waals surface area contributed by atoms with Gasteiger partial charge in [-0.05, 0) is 18.2 Å². The lowest BCUT2D eigenvalue weighted by Gasteiger charge is -2.23. The first kappa shape index (κ1) is 11.6. The molecular weight excluding hydrogens is 218 g/mol. The zero-order valence-electron chi connectivity index (χ0n) is 9.82. The van der Waals surface area contributed by atoms with Gasteiger partial charge >= 0.3 is 0 Å². The van der Waals surface area contributed by atoms with E-state index in [1.165, 1.54) is 0 Å². The molecule has 0 aromatic heterocycles. The van der Waals surface area contributed by atoms with Crippen LogP contribution in [0.25, 0.3) is 5.70 Å². The van der Waals surface area contributed by atoms with Crippen molar-refractivity contribution in [3.63, 3.8) is 0 Å². The highest BCUT2D eigenvalue weighted by molar-refractivity contribution is 5.76. The molecule has 5 N–H and O–H groups in total. The van der Waals surface area contributed by atoms with Crippen molar-refractivity contribution >= 4 is 11.4 Å². The van der Waals surface area contributed by atoms with Crippen molar-refractivity contribution < 1.29 is 9.47 Å². The van der Waals surface area contributed by atoms with Crippen molar-refractivity contribution in [2.75, 3.05) is 32.5 Å². The van der Waals surface area contributed by atoms with Crippen molar-refractivity contribution in [1.82, 2.24) is 5.32 Å². The predicted molar refractivity (Wildman–Crippen MR) is 67.9 cm³/mol. The van der Waals surface area contributed by atoms with Crippen LogP contribution in [0.5, 0.6) is 11.5 Å². The summed E-state index contributed by atoms with van der Waals surface area (Å²) < 4.78 is 11.2. The second-order valence-corrected chi connectivity index (χ2v) is 3.66. The predicted octanol–water partition coefficient (Wildman–Crippen LogP) is 0.559. The molecule has 0 atom stereocenters. The van der Waals surface area contributed by atoms with Crippen LogP contribution in [0.1, 0.15) is 5.56 Å². The standard InChI is InChI=1S/C12H17N3O2/c1-15-10(4-5-13)8-2-3-9(14)12-11(8)16-6-7-17-12/h2-4,15H,5-7,13-14H2,1H3/b10-4-. The molecule has 0 saturated carbocycles. The third-order valence-electron chi connectivity index (χ3n) is 2.60. The van der Waals surface area contributed by atoms with Crippen molar-refractivity contribution in [3.8, 4) is 11.5 Å². The minimum atomic E-state index is 0.455. The van der Waals surface area contributed by atoms with Gasteiger partial charge in [0.15, 0.2) is 11.5 Å². The van der Waals surface area contributed by atoms with Crippen molar-refractivity contribution in [3.05, 3.63) is 23.8 Å². The van der Waals surface area contributed by atoms with E-state index in [4.69, 9.17) is 20.9 Å². The Bertz CT molecular complexity index is 444. The summed E-state index contributed by atoms with van der Waals surface area (Å²) in [5.41, 5.74) is 13.8. The van der Waals surface area contributed by atoms with E-state index < -0.39 is 0 Å². The van der Waals surface area contributed by atoms with Crippen LogP contribution in [-0.4, -0.2) is 26.8 Å². The second kappa shape index (κ2) is 4.97. The lowest BCUT2D eigenvalue weighted by atomic mass is 10.1. The molecule has 0 aliphatic carbocycles. The topological polar surface area (TPSA) is 82.5 Å². The summed E-state index contributed by atoms with van der Waals surface area (Å²) >= 11 is 0. The maximum absolute atomic E-state index is 5.86. The SMILES string of the molecule is CN/C(=C\CN)c1ccc(N)c2c1OCCO2. The van der Waals surface area contributed by atoms with Crippen LogP contribution in [-0.2, 0) is 0 Å².